The van der Waals surface area contributed by atoms with E-state index >= 15 is 0 Å². The molecule has 4 rings (SSSR count). The van der Waals surface area contributed by atoms with Crippen LogP contribution < -0.4 is 24.3 Å². The van der Waals surface area contributed by atoms with Gasteiger partial charge in [-0.15, -0.1) is 0 Å². The van der Waals surface area contributed by atoms with Crippen LogP contribution in [0.25, 0.3) is 0 Å². The number of fused-ring (bicyclic) bond motifs is 2. The molecule has 2 aliphatic rings. The first-order valence-corrected chi connectivity index (χ1v) is 9.15. The van der Waals surface area contributed by atoms with Crippen molar-refractivity contribution in [2.24, 2.45) is 0 Å². The molecule has 0 aromatic heterocycles. The van der Waals surface area contributed by atoms with Gasteiger partial charge in [-0.3, -0.25) is 4.79 Å². The summed E-state index contributed by atoms with van der Waals surface area (Å²) in [4.78, 5) is 12.7. The molecule has 0 radical (unpaired) electrons. The van der Waals surface area contributed by atoms with E-state index < -0.39 is 0 Å². The number of hydrogen-bond acceptors (Lipinski definition) is 5. The van der Waals surface area contributed by atoms with Crippen molar-refractivity contribution in [1.82, 2.24) is 5.32 Å². The zero-order valence-electron chi connectivity index (χ0n) is 15.6. The van der Waals surface area contributed by atoms with Gasteiger partial charge < -0.3 is 24.3 Å². The van der Waals surface area contributed by atoms with Crippen LogP contribution >= 0.6 is 0 Å². The molecule has 6 nitrogen and oxygen atoms in total. The van der Waals surface area contributed by atoms with Gasteiger partial charge in [0, 0.05) is 36.1 Å². The van der Waals surface area contributed by atoms with E-state index in [9.17, 15) is 4.79 Å². The third kappa shape index (κ3) is 3.16. The smallest absolute Gasteiger partial charge is 0.258 e. The zero-order chi connectivity index (χ0) is 18.8. The van der Waals surface area contributed by atoms with Crippen LogP contribution in [0.5, 0.6) is 23.0 Å². The van der Waals surface area contributed by atoms with E-state index in [-0.39, 0.29) is 5.91 Å². The Hall–Kier alpha value is -2.89. The van der Waals surface area contributed by atoms with Crippen molar-refractivity contribution < 1.29 is 23.7 Å². The molecule has 2 aromatic rings. The van der Waals surface area contributed by atoms with Gasteiger partial charge in [0.25, 0.3) is 5.91 Å². The standard InChI is InChI=1S/C21H23NO5/c1-24-16-4-3-5-17(25-2)19(16)21(23)22-9-6-15-14-8-11-26-18(14)12-13-7-10-27-20(13)15/h3-5,12H,6-11H2,1-2H3,(H,22,23). The summed E-state index contributed by atoms with van der Waals surface area (Å²) >= 11 is 0. The van der Waals surface area contributed by atoms with Crippen molar-refractivity contribution >= 4 is 5.91 Å². The summed E-state index contributed by atoms with van der Waals surface area (Å²) in [5.74, 6) is 2.70. The molecule has 1 amide bonds. The van der Waals surface area contributed by atoms with Crippen LogP contribution in [0.15, 0.2) is 24.3 Å². The van der Waals surface area contributed by atoms with E-state index in [1.807, 2.05) is 0 Å². The highest BCUT2D eigenvalue weighted by atomic mass is 16.5. The molecule has 0 fully saturated rings. The second-order valence-corrected chi connectivity index (χ2v) is 6.56. The van der Waals surface area contributed by atoms with Crippen LogP contribution in [0, 0.1) is 0 Å². The number of hydrogen-bond donors (Lipinski definition) is 1. The Kier molecular flexibility index (Phi) is 4.79. The van der Waals surface area contributed by atoms with Gasteiger partial charge in [0.1, 0.15) is 28.6 Å². The summed E-state index contributed by atoms with van der Waals surface area (Å²) in [6.45, 7) is 1.90. The van der Waals surface area contributed by atoms with Crippen molar-refractivity contribution in [2.45, 2.75) is 19.3 Å². The number of carbonyl (C=O) groups is 1. The maximum Gasteiger partial charge on any atom is 0.258 e. The highest BCUT2D eigenvalue weighted by Gasteiger charge is 2.26. The lowest BCUT2D eigenvalue weighted by atomic mass is 9.97. The first-order chi connectivity index (χ1) is 13.2. The van der Waals surface area contributed by atoms with Gasteiger partial charge in [0.2, 0.25) is 0 Å². The second-order valence-electron chi connectivity index (χ2n) is 6.56. The second kappa shape index (κ2) is 7.39. The van der Waals surface area contributed by atoms with Gasteiger partial charge in [-0.25, -0.2) is 0 Å². The predicted octanol–water partition coefficient (Wildman–Crippen LogP) is 2.55. The van der Waals surface area contributed by atoms with Crippen LogP contribution in [0.4, 0.5) is 0 Å². The number of amides is 1. The van der Waals surface area contributed by atoms with E-state index in [2.05, 4.69) is 11.4 Å². The molecule has 0 aliphatic carbocycles. The SMILES string of the molecule is COc1cccc(OC)c1C(=O)NCCc1c2c(cc3c1OCC3)OCC2. The minimum atomic E-state index is -0.217. The highest BCUT2D eigenvalue weighted by molar-refractivity contribution is 5.99. The molecule has 0 saturated heterocycles. The van der Waals surface area contributed by atoms with Gasteiger partial charge in [-0.05, 0) is 24.6 Å². The number of rotatable bonds is 6. The average molecular weight is 369 g/mol. The quantitative estimate of drug-likeness (QED) is 0.848. The van der Waals surface area contributed by atoms with Crippen LogP contribution in [-0.2, 0) is 19.3 Å². The van der Waals surface area contributed by atoms with Crippen molar-refractivity contribution in [2.75, 3.05) is 34.0 Å². The van der Waals surface area contributed by atoms with Crippen molar-refractivity contribution in [1.29, 1.82) is 0 Å². The molecule has 0 atom stereocenters. The minimum Gasteiger partial charge on any atom is -0.496 e. The molecule has 2 aliphatic heterocycles. The van der Waals surface area contributed by atoms with Gasteiger partial charge in [0.15, 0.2) is 0 Å². The third-order valence-corrected chi connectivity index (χ3v) is 5.08. The van der Waals surface area contributed by atoms with Crippen molar-refractivity contribution in [3.05, 3.63) is 46.5 Å². The van der Waals surface area contributed by atoms with Gasteiger partial charge in [0.05, 0.1) is 27.4 Å². The molecule has 0 unspecified atom stereocenters. The van der Waals surface area contributed by atoms with Crippen molar-refractivity contribution in [3.63, 3.8) is 0 Å². The maximum absolute atomic E-state index is 12.7. The first kappa shape index (κ1) is 17.5. The summed E-state index contributed by atoms with van der Waals surface area (Å²) in [6.07, 6.45) is 2.48. The molecule has 0 saturated carbocycles. The number of carbonyl (C=O) groups excluding carboxylic acids is 1. The Bertz CT molecular complexity index is 823. The molecule has 0 spiro atoms. The monoisotopic (exact) mass is 369 g/mol. The number of methoxy groups -OCH3 is 2. The lowest BCUT2D eigenvalue weighted by Gasteiger charge is -2.15. The summed E-state index contributed by atoms with van der Waals surface area (Å²) in [6, 6.07) is 7.40. The molecule has 0 bridgehead atoms. The topological polar surface area (TPSA) is 66.0 Å². The van der Waals surface area contributed by atoms with Crippen LogP contribution in [0.3, 0.4) is 0 Å². The lowest BCUT2D eigenvalue weighted by molar-refractivity contribution is 0.0947. The number of benzene rings is 2. The molecule has 1 N–H and O–H groups in total. The van der Waals surface area contributed by atoms with Crippen LogP contribution in [0.1, 0.15) is 27.0 Å². The fraction of sp³-hybridized carbons (Fsp3) is 0.381. The Morgan fingerprint density at radius 1 is 1.11 bits per heavy atom. The molecule has 2 heterocycles. The summed E-state index contributed by atoms with van der Waals surface area (Å²) < 4.78 is 22.2. The molecular weight excluding hydrogens is 346 g/mol. The van der Waals surface area contributed by atoms with Crippen LogP contribution in [-0.4, -0.2) is 39.9 Å². The van der Waals surface area contributed by atoms with Gasteiger partial charge >= 0.3 is 0 Å². The Labute approximate surface area is 158 Å². The fourth-order valence-corrected chi connectivity index (χ4v) is 3.81. The predicted molar refractivity (Wildman–Crippen MR) is 100 cm³/mol. The number of nitrogens with one attached hydrogen (secondary N) is 1. The normalized spacial score (nSPS) is 14.0. The van der Waals surface area contributed by atoms with E-state index in [0.29, 0.717) is 43.2 Å². The molecule has 27 heavy (non-hydrogen) atoms. The molecular formula is C21H23NO5. The van der Waals surface area contributed by atoms with E-state index in [4.69, 9.17) is 18.9 Å². The minimum absolute atomic E-state index is 0.217. The third-order valence-electron chi connectivity index (χ3n) is 5.08. The Balaban J connectivity index is 1.51. The van der Waals surface area contributed by atoms with Gasteiger partial charge in [-0.2, -0.15) is 0 Å². The Morgan fingerprint density at radius 3 is 2.59 bits per heavy atom. The average Bonchev–Trinajstić information content (AvgIpc) is 3.35. The fourth-order valence-electron chi connectivity index (χ4n) is 3.81. The summed E-state index contributed by atoms with van der Waals surface area (Å²) in [5, 5.41) is 2.98. The zero-order valence-corrected chi connectivity index (χ0v) is 15.6. The highest BCUT2D eigenvalue weighted by Crippen LogP contribution is 2.40. The van der Waals surface area contributed by atoms with Gasteiger partial charge in [-0.1, -0.05) is 6.07 Å². The first-order valence-electron chi connectivity index (χ1n) is 9.15. The van der Waals surface area contributed by atoms with E-state index in [1.165, 1.54) is 11.1 Å². The van der Waals surface area contributed by atoms with E-state index in [0.717, 1.165) is 29.9 Å². The molecule has 6 heteroatoms. The number of ether oxygens (including phenoxy) is 4. The molecule has 142 valence electrons. The summed E-state index contributed by atoms with van der Waals surface area (Å²) in [7, 11) is 3.08. The van der Waals surface area contributed by atoms with Crippen LogP contribution in [0.2, 0.25) is 0 Å². The van der Waals surface area contributed by atoms with E-state index in [1.54, 1.807) is 32.4 Å². The Morgan fingerprint density at radius 2 is 1.85 bits per heavy atom. The lowest BCUT2D eigenvalue weighted by Crippen LogP contribution is -2.27. The summed E-state index contributed by atoms with van der Waals surface area (Å²) in [5.41, 5.74) is 3.97. The van der Waals surface area contributed by atoms with Crippen molar-refractivity contribution in [3.8, 4) is 23.0 Å². The maximum atomic E-state index is 12.7. The molecule has 2 aromatic carbocycles. The largest absolute Gasteiger partial charge is 0.496 e.